The van der Waals surface area contributed by atoms with E-state index in [0.29, 0.717) is 30.0 Å². The van der Waals surface area contributed by atoms with Crippen molar-refractivity contribution in [2.24, 2.45) is 0 Å². The van der Waals surface area contributed by atoms with Crippen LogP contribution in [0.4, 0.5) is 0 Å². The number of hydrogen-bond donors (Lipinski definition) is 1. The van der Waals surface area contributed by atoms with Crippen LogP contribution >= 0.6 is 11.6 Å². The van der Waals surface area contributed by atoms with Crippen LogP contribution in [0.25, 0.3) is 5.76 Å². The molecule has 3 aromatic rings. The van der Waals surface area contributed by atoms with Crippen molar-refractivity contribution in [3.63, 3.8) is 0 Å². The molecule has 0 aromatic heterocycles. The van der Waals surface area contributed by atoms with Crippen LogP contribution < -0.4 is 18.9 Å². The molecule has 0 radical (unpaired) electrons. The van der Waals surface area contributed by atoms with Gasteiger partial charge < -0.3 is 29.0 Å². The minimum atomic E-state index is -0.874. The molecule has 0 aliphatic carbocycles. The van der Waals surface area contributed by atoms with E-state index in [-0.39, 0.29) is 34.3 Å². The fraction of sp³-hybridized carbons (Fsp3) is 0.267. The largest absolute Gasteiger partial charge is 0.507 e. The minimum Gasteiger partial charge on any atom is -0.507 e. The Morgan fingerprint density at radius 2 is 1.59 bits per heavy atom. The molecule has 1 N–H and O–H groups in total. The molecular weight excluding hydrogens is 522 g/mol. The Balaban J connectivity index is 1.86. The van der Waals surface area contributed by atoms with Crippen LogP contribution in [0.1, 0.15) is 36.1 Å². The molecular formula is C30H30ClNO7. The van der Waals surface area contributed by atoms with E-state index in [9.17, 15) is 14.7 Å². The molecule has 39 heavy (non-hydrogen) atoms. The van der Waals surface area contributed by atoms with E-state index in [1.165, 1.54) is 38.4 Å². The van der Waals surface area contributed by atoms with Crippen LogP contribution in [0, 0.1) is 0 Å². The molecule has 8 nitrogen and oxygen atoms in total. The van der Waals surface area contributed by atoms with E-state index in [0.717, 1.165) is 5.56 Å². The van der Waals surface area contributed by atoms with E-state index in [1.807, 2.05) is 37.3 Å². The number of amides is 1. The van der Waals surface area contributed by atoms with Crippen molar-refractivity contribution in [3.05, 3.63) is 87.9 Å². The Hall–Kier alpha value is -4.17. The molecule has 1 atom stereocenters. The SMILES string of the molecule is CCCN1C(=O)C(=O)/C(=C(/O)c2cc(OC)c(Cl)cc2OC)C1c1ccc(OC)c(OCc2ccccc2)c1. The molecule has 1 heterocycles. The van der Waals surface area contributed by atoms with E-state index >= 15 is 0 Å². The standard InChI is InChI=1S/C30H30ClNO7/c1-5-13-32-27(19-11-12-22(36-2)25(14-19)39-17-18-9-7-6-8-10-18)26(29(34)30(32)35)28(33)20-15-24(38-4)21(31)16-23(20)37-3/h6-12,14-16,27,33H,5,13,17H2,1-4H3/b28-26+. The summed E-state index contributed by atoms with van der Waals surface area (Å²) in [5.74, 6) is -0.473. The van der Waals surface area contributed by atoms with E-state index in [2.05, 4.69) is 0 Å². The third-order valence-electron chi connectivity index (χ3n) is 6.47. The number of rotatable bonds is 10. The minimum absolute atomic E-state index is 0.0738. The van der Waals surface area contributed by atoms with Gasteiger partial charge in [0.25, 0.3) is 11.7 Å². The van der Waals surface area contributed by atoms with Crippen LogP contribution in [0.2, 0.25) is 5.02 Å². The number of aliphatic hydroxyl groups is 1. The number of ether oxygens (including phenoxy) is 4. The third-order valence-corrected chi connectivity index (χ3v) is 6.77. The van der Waals surface area contributed by atoms with Crippen LogP contribution in [0.3, 0.4) is 0 Å². The lowest BCUT2D eigenvalue weighted by Gasteiger charge is -2.26. The highest BCUT2D eigenvalue weighted by molar-refractivity contribution is 6.46. The number of Topliss-reactive ketones (excluding diaryl/α,β-unsaturated/α-hetero) is 1. The zero-order valence-corrected chi connectivity index (χ0v) is 22.9. The van der Waals surface area contributed by atoms with Crippen molar-refractivity contribution in [2.75, 3.05) is 27.9 Å². The maximum absolute atomic E-state index is 13.4. The van der Waals surface area contributed by atoms with Gasteiger partial charge >= 0.3 is 0 Å². The second-order valence-electron chi connectivity index (χ2n) is 8.86. The highest BCUT2D eigenvalue weighted by Crippen LogP contribution is 2.44. The normalized spacial score (nSPS) is 16.3. The fourth-order valence-electron chi connectivity index (χ4n) is 4.60. The molecule has 0 spiro atoms. The Labute approximate surface area is 232 Å². The molecule has 1 amide bonds. The van der Waals surface area contributed by atoms with Gasteiger partial charge in [0.15, 0.2) is 11.5 Å². The monoisotopic (exact) mass is 551 g/mol. The van der Waals surface area contributed by atoms with Crippen molar-refractivity contribution in [1.29, 1.82) is 0 Å². The Kier molecular flexibility index (Phi) is 8.66. The summed E-state index contributed by atoms with van der Waals surface area (Å²) in [5.41, 5.74) is 1.64. The van der Waals surface area contributed by atoms with Gasteiger partial charge in [-0.25, -0.2) is 0 Å². The molecule has 1 fully saturated rings. The van der Waals surface area contributed by atoms with Gasteiger partial charge in [0, 0.05) is 12.6 Å². The predicted octanol–water partition coefficient (Wildman–Crippen LogP) is 5.78. The van der Waals surface area contributed by atoms with Crippen LogP contribution in [-0.2, 0) is 16.2 Å². The maximum atomic E-state index is 13.4. The summed E-state index contributed by atoms with van der Waals surface area (Å²) in [4.78, 5) is 28.0. The van der Waals surface area contributed by atoms with Crippen molar-refractivity contribution >= 4 is 29.1 Å². The zero-order chi connectivity index (χ0) is 28.1. The second-order valence-corrected chi connectivity index (χ2v) is 9.27. The van der Waals surface area contributed by atoms with Gasteiger partial charge in [0.2, 0.25) is 0 Å². The molecule has 1 saturated heterocycles. The van der Waals surface area contributed by atoms with Gasteiger partial charge in [0.05, 0.1) is 43.5 Å². The number of nitrogens with zero attached hydrogens (tertiary/aromatic N) is 1. The van der Waals surface area contributed by atoms with Crippen LogP contribution in [0.5, 0.6) is 23.0 Å². The number of methoxy groups -OCH3 is 3. The van der Waals surface area contributed by atoms with Gasteiger partial charge in [-0.05, 0) is 35.7 Å². The van der Waals surface area contributed by atoms with Crippen molar-refractivity contribution in [1.82, 2.24) is 4.90 Å². The van der Waals surface area contributed by atoms with Crippen LogP contribution in [-0.4, -0.2) is 49.6 Å². The highest BCUT2D eigenvalue weighted by Gasteiger charge is 2.46. The number of ketones is 1. The Bertz CT molecular complexity index is 1400. The van der Waals surface area contributed by atoms with Gasteiger partial charge in [-0.15, -0.1) is 0 Å². The van der Waals surface area contributed by atoms with Crippen LogP contribution in [0.15, 0.2) is 66.2 Å². The first kappa shape index (κ1) is 27.9. The lowest BCUT2D eigenvalue weighted by atomic mass is 9.94. The maximum Gasteiger partial charge on any atom is 0.295 e. The summed E-state index contributed by atoms with van der Waals surface area (Å²) in [5, 5.41) is 11.8. The lowest BCUT2D eigenvalue weighted by molar-refractivity contribution is -0.139. The number of carbonyl (C=O) groups is 2. The lowest BCUT2D eigenvalue weighted by Crippen LogP contribution is -2.30. The number of carbonyl (C=O) groups excluding carboxylic acids is 2. The molecule has 0 saturated carbocycles. The van der Waals surface area contributed by atoms with Gasteiger partial charge in [-0.3, -0.25) is 9.59 Å². The Morgan fingerprint density at radius 3 is 2.23 bits per heavy atom. The summed E-state index contributed by atoms with van der Waals surface area (Å²) in [7, 11) is 4.39. The van der Waals surface area contributed by atoms with Crippen molar-refractivity contribution < 1.29 is 33.6 Å². The number of benzene rings is 3. The summed E-state index contributed by atoms with van der Waals surface area (Å²) >= 11 is 6.25. The molecule has 1 unspecified atom stereocenters. The molecule has 0 bridgehead atoms. The number of hydrogen-bond acceptors (Lipinski definition) is 7. The average Bonchev–Trinajstić information content (AvgIpc) is 3.21. The molecule has 9 heteroatoms. The number of likely N-dealkylation sites (tertiary alicyclic amines) is 1. The van der Waals surface area contributed by atoms with E-state index in [1.54, 1.807) is 18.2 Å². The van der Waals surface area contributed by atoms with E-state index < -0.39 is 23.5 Å². The highest BCUT2D eigenvalue weighted by atomic mass is 35.5. The summed E-state index contributed by atoms with van der Waals surface area (Å²) < 4.78 is 22.3. The first-order chi connectivity index (χ1) is 18.8. The van der Waals surface area contributed by atoms with Gasteiger partial charge in [-0.1, -0.05) is 54.9 Å². The third kappa shape index (κ3) is 5.52. The Morgan fingerprint density at radius 1 is 0.897 bits per heavy atom. The first-order valence-electron chi connectivity index (χ1n) is 12.4. The first-order valence-corrected chi connectivity index (χ1v) is 12.8. The van der Waals surface area contributed by atoms with Gasteiger partial charge in [0.1, 0.15) is 23.9 Å². The predicted molar refractivity (Wildman–Crippen MR) is 148 cm³/mol. The molecule has 3 aromatic carbocycles. The second kappa shape index (κ2) is 12.1. The molecule has 4 rings (SSSR count). The number of aliphatic hydroxyl groups excluding tert-OH is 1. The van der Waals surface area contributed by atoms with Gasteiger partial charge in [-0.2, -0.15) is 0 Å². The zero-order valence-electron chi connectivity index (χ0n) is 22.2. The van der Waals surface area contributed by atoms with E-state index in [4.69, 9.17) is 30.5 Å². The average molecular weight is 552 g/mol. The molecule has 1 aliphatic rings. The summed E-state index contributed by atoms with van der Waals surface area (Å²) in [6.07, 6.45) is 0.606. The topological polar surface area (TPSA) is 94.5 Å². The smallest absolute Gasteiger partial charge is 0.295 e. The molecule has 204 valence electrons. The van der Waals surface area contributed by atoms with Crippen molar-refractivity contribution in [3.8, 4) is 23.0 Å². The quantitative estimate of drug-likeness (QED) is 0.194. The summed E-state index contributed by atoms with van der Waals surface area (Å²) in [6.45, 7) is 2.50. The fourth-order valence-corrected chi connectivity index (χ4v) is 4.83. The van der Waals surface area contributed by atoms with Crippen molar-refractivity contribution in [2.45, 2.75) is 26.0 Å². The number of halogens is 1. The summed E-state index contributed by atoms with van der Waals surface area (Å²) in [6, 6.07) is 16.9. The molecule has 1 aliphatic heterocycles.